The van der Waals surface area contributed by atoms with Crippen LogP contribution in [0.2, 0.25) is 0 Å². The smallest absolute Gasteiger partial charge is 1.00 e. The molecule has 0 unspecified atom stereocenters. The van der Waals surface area contributed by atoms with Crippen LogP contribution in [0.1, 0.15) is 128 Å². The fourth-order valence-corrected chi connectivity index (χ4v) is 8.42. The Morgan fingerprint density at radius 1 is 0.452 bits per heavy atom. The molecule has 0 nitrogen and oxygen atoms in total. The number of hydrogen-bond acceptors (Lipinski definition) is 0. The Morgan fingerprint density at radius 3 is 1.32 bits per heavy atom. The van der Waals surface area contributed by atoms with E-state index in [9.17, 15) is 0 Å². The zero-order chi connectivity index (χ0) is 42.3. The molecule has 2 aliphatic carbocycles. The van der Waals surface area contributed by atoms with Crippen LogP contribution in [0, 0.1) is 6.07 Å². The quantitative estimate of drug-likeness (QED) is 0.154. The largest absolute Gasteiger partial charge is 3.00 e. The first-order chi connectivity index (χ1) is 27.8. The van der Waals surface area contributed by atoms with Crippen LogP contribution in [0.5, 0.6) is 0 Å². The third-order valence-corrected chi connectivity index (χ3v) is 11.9. The summed E-state index contributed by atoms with van der Waals surface area (Å²) in [5.74, 6) is 0. The molecule has 0 aromatic heterocycles. The number of rotatable bonds is 4. The third-order valence-electron chi connectivity index (χ3n) is 11.9. The van der Waals surface area contributed by atoms with Gasteiger partial charge in [-0.25, -0.2) is 0 Å². The van der Waals surface area contributed by atoms with E-state index in [-0.39, 0.29) is 72.7 Å². The molecule has 8 rings (SSSR count). The molecule has 0 aliphatic heterocycles. The molecule has 6 aromatic rings. The van der Waals surface area contributed by atoms with Crippen molar-refractivity contribution in [3.05, 3.63) is 208 Å². The average molecular weight is 934 g/mol. The molecule has 0 amide bonds. The molecule has 0 spiro atoms. The molecule has 0 heterocycles. The number of benzene rings is 6. The minimum atomic E-state index is 0. The Morgan fingerprint density at radius 2 is 0.887 bits per heavy atom. The number of fused-ring (bicyclic) bond motifs is 3. The number of allylic oxidation sites excluding steroid dienone is 5. The van der Waals surface area contributed by atoms with E-state index in [4.69, 9.17) is 0 Å². The SMILES string of the molecule is CC(C)(C)c1cc2c([c-]c1-c1ccccc1)Cc1cc(-c3ccccc3)c(C(C)(C)C)cc1-2.CC(C)(C)c1ccc(C(=C2C=CC=C2)c2ccc(C(C)(C)C)cc2)cc1.[Cl-].[Cl-].[Zr+3]. The molecular weight excluding hydrogens is 871 g/mol. The average Bonchev–Trinajstić information content (AvgIpc) is 3.85. The van der Waals surface area contributed by atoms with Gasteiger partial charge in [0.1, 0.15) is 0 Å². The minimum absolute atomic E-state index is 0. The van der Waals surface area contributed by atoms with E-state index in [2.05, 4.69) is 241 Å². The van der Waals surface area contributed by atoms with Crippen LogP contribution in [-0.2, 0) is 54.3 Å². The molecule has 6 aromatic carbocycles. The first kappa shape index (κ1) is 50.6. The van der Waals surface area contributed by atoms with E-state index < -0.39 is 0 Å². The van der Waals surface area contributed by atoms with Crippen molar-refractivity contribution in [3.8, 4) is 33.4 Å². The summed E-state index contributed by atoms with van der Waals surface area (Å²) in [6.07, 6.45) is 9.57. The van der Waals surface area contributed by atoms with E-state index in [1.807, 2.05) is 0 Å². The summed E-state index contributed by atoms with van der Waals surface area (Å²) in [6, 6.07) is 51.0. The Kier molecular flexibility index (Phi) is 16.2. The van der Waals surface area contributed by atoms with Crippen molar-refractivity contribution < 1.29 is 51.0 Å². The van der Waals surface area contributed by atoms with Gasteiger partial charge in [-0.2, -0.15) is 0 Å². The summed E-state index contributed by atoms with van der Waals surface area (Å²) in [7, 11) is 0. The maximum absolute atomic E-state index is 3.88. The van der Waals surface area contributed by atoms with Crippen LogP contribution in [0.25, 0.3) is 39.0 Å². The van der Waals surface area contributed by atoms with Gasteiger partial charge >= 0.3 is 26.2 Å². The first-order valence-corrected chi connectivity index (χ1v) is 21.5. The Balaban J connectivity index is 0.000000267. The van der Waals surface area contributed by atoms with Gasteiger partial charge in [0.25, 0.3) is 0 Å². The van der Waals surface area contributed by atoms with Crippen molar-refractivity contribution in [1.82, 2.24) is 0 Å². The number of halogens is 2. The van der Waals surface area contributed by atoms with Gasteiger partial charge in [0.05, 0.1) is 0 Å². The molecule has 2 aliphatic rings. The van der Waals surface area contributed by atoms with Gasteiger partial charge in [-0.15, -0.1) is 28.8 Å². The summed E-state index contributed by atoms with van der Waals surface area (Å²) in [5.41, 5.74) is 21.7. The van der Waals surface area contributed by atoms with Crippen molar-refractivity contribution in [2.24, 2.45) is 0 Å². The van der Waals surface area contributed by atoms with E-state index in [0.29, 0.717) is 0 Å². The molecular formula is C59H63Cl2Zr. The van der Waals surface area contributed by atoms with Crippen LogP contribution >= 0.6 is 0 Å². The summed E-state index contributed by atoms with van der Waals surface area (Å²) in [5, 5.41) is 0. The molecule has 317 valence electrons. The predicted molar refractivity (Wildman–Crippen MR) is 256 cm³/mol. The zero-order valence-electron chi connectivity index (χ0n) is 38.9. The van der Waals surface area contributed by atoms with Gasteiger partial charge in [-0.05, 0) is 83.7 Å². The topological polar surface area (TPSA) is 0 Å². The second-order valence-electron chi connectivity index (χ2n) is 20.6. The summed E-state index contributed by atoms with van der Waals surface area (Å²) >= 11 is 0. The first-order valence-electron chi connectivity index (χ1n) is 21.5. The van der Waals surface area contributed by atoms with E-state index in [1.54, 1.807) is 0 Å². The molecule has 62 heavy (non-hydrogen) atoms. The van der Waals surface area contributed by atoms with Crippen LogP contribution in [0.3, 0.4) is 0 Å². The van der Waals surface area contributed by atoms with Crippen LogP contribution < -0.4 is 24.8 Å². The van der Waals surface area contributed by atoms with Crippen molar-refractivity contribution in [2.75, 3.05) is 0 Å². The van der Waals surface area contributed by atoms with Crippen molar-refractivity contribution in [1.29, 1.82) is 0 Å². The summed E-state index contributed by atoms with van der Waals surface area (Å²) in [6.45, 7) is 27.4. The molecule has 0 saturated heterocycles. The molecule has 0 bridgehead atoms. The molecule has 1 radical (unpaired) electrons. The molecule has 3 heteroatoms. The standard InChI is InChI=1S/C33H33.C26H30.2ClH.Zr/c1-32(2,3)30-20-26-24(18-28(30)22-13-9-7-10-14-22)17-25-19-29(23-15-11-8-12-16-23)31(21-27(25)26)33(4,5)6;1-25(2,3)22-15-11-20(12-16-22)24(19-9-7-8-10-19)21-13-17-23(18-14-21)26(4,5)6;;;/h7-16,18,20-21H,17H2,1-6H3;7-18H,1-6H3;2*1H;/q-1;;;;+3/p-2. The van der Waals surface area contributed by atoms with Gasteiger partial charge < -0.3 is 24.8 Å². The van der Waals surface area contributed by atoms with Crippen LogP contribution in [0.4, 0.5) is 0 Å². The Labute approximate surface area is 406 Å². The Hall–Kier alpha value is -4.00. The third kappa shape index (κ3) is 11.2. The van der Waals surface area contributed by atoms with E-state index in [0.717, 1.165) is 6.42 Å². The minimum Gasteiger partial charge on any atom is -1.00 e. The van der Waals surface area contributed by atoms with Gasteiger partial charge in [-0.1, -0.05) is 245 Å². The Bertz CT molecular complexity index is 2370. The van der Waals surface area contributed by atoms with Gasteiger partial charge in [0.2, 0.25) is 0 Å². The van der Waals surface area contributed by atoms with E-state index in [1.165, 1.54) is 89.0 Å². The fraction of sp³-hybridized carbons (Fsp3) is 0.288. The second-order valence-corrected chi connectivity index (χ2v) is 20.6. The van der Waals surface area contributed by atoms with Gasteiger partial charge in [-0.3, -0.25) is 0 Å². The maximum Gasteiger partial charge on any atom is 3.00 e. The van der Waals surface area contributed by atoms with Crippen molar-refractivity contribution in [3.63, 3.8) is 0 Å². The van der Waals surface area contributed by atoms with Gasteiger partial charge in [0, 0.05) is 0 Å². The normalized spacial score (nSPS) is 12.9. The zero-order valence-corrected chi connectivity index (χ0v) is 42.9. The summed E-state index contributed by atoms with van der Waals surface area (Å²) < 4.78 is 0. The molecule has 0 saturated carbocycles. The van der Waals surface area contributed by atoms with Crippen LogP contribution in [0.15, 0.2) is 157 Å². The van der Waals surface area contributed by atoms with Crippen molar-refractivity contribution >= 4 is 5.57 Å². The van der Waals surface area contributed by atoms with Crippen molar-refractivity contribution in [2.45, 2.75) is 111 Å². The molecule has 0 atom stereocenters. The fourth-order valence-electron chi connectivity index (χ4n) is 8.42. The monoisotopic (exact) mass is 931 g/mol. The molecule has 0 fully saturated rings. The maximum atomic E-state index is 3.88. The predicted octanol–water partition coefficient (Wildman–Crippen LogP) is 10.2. The number of hydrogen-bond donors (Lipinski definition) is 0. The summed E-state index contributed by atoms with van der Waals surface area (Å²) in [4.78, 5) is 0. The molecule has 0 N–H and O–H groups in total. The van der Waals surface area contributed by atoms with Gasteiger partial charge in [0.15, 0.2) is 0 Å². The second kappa shape index (κ2) is 19.8. The van der Waals surface area contributed by atoms with E-state index >= 15 is 0 Å². The van der Waals surface area contributed by atoms with Crippen LogP contribution in [-0.4, -0.2) is 0 Å².